The van der Waals surface area contributed by atoms with E-state index in [0.29, 0.717) is 16.9 Å². The van der Waals surface area contributed by atoms with E-state index in [2.05, 4.69) is 0 Å². The molecule has 0 saturated heterocycles. The number of furan rings is 1. The number of carbonyl (C=O) groups excluding carboxylic acids is 1. The van der Waals surface area contributed by atoms with Gasteiger partial charge < -0.3 is 9.15 Å². The second kappa shape index (κ2) is 5.04. The SMILES string of the molecule is COc1ccc(CC(=O)c2ccoc2C)cc1F. The number of methoxy groups -OCH3 is 1. The zero-order valence-electron chi connectivity index (χ0n) is 10.2. The van der Waals surface area contributed by atoms with Crippen molar-refractivity contribution in [1.82, 2.24) is 0 Å². The third-order valence-corrected chi connectivity index (χ3v) is 2.74. The molecule has 2 aromatic rings. The molecule has 0 aliphatic rings. The Morgan fingerprint density at radius 1 is 1.39 bits per heavy atom. The molecule has 4 heteroatoms. The van der Waals surface area contributed by atoms with Crippen molar-refractivity contribution in [2.24, 2.45) is 0 Å². The Hall–Kier alpha value is -2.10. The molecule has 0 atom stereocenters. The van der Waals surface area contributed by atoms with Crippen LogP contribution in [-0.2, 0) is 6.42 Å². The van der Waals surface area contributed by atoms with Crippen LogP contribution in [0.4, 0.5) is 4.39 Å². The van der Waals surface area contributed by atoms with Crippen molar-refractivity contribution in [2.45, 2.75) is 13.3 Å². The quantitative estimate of drug-likeness (QED) is 0.780. The largest absolute Gasteiger partial charge is 0.494 e. The number of aryl methyl sites for hydroxylation is 1. The molecule has 0 bridgehead atoms. The van der Waals surface area contributed by atoms with E-state index in [9.17, 15) is 9.18 Å². The fourth-order valence-corrected chi connectivity index (χ4v) is 1.77. The number of hydrogen-bond acceptors (Lipinski definition) is 3. The van der Waals surface area contributed by atoms with E-state index in [1.807, 2.05) is 0 Å². The summed E-state index contributed by atoms with van der Waals surface area (Å²) >= 11 is 0. The number of carbonyl (C=O) groups is 1. The number of ketones is 1. The van der Waals surface area contributed by atoms with Gasteiger partial charge in [-0.2, -0.15) is 0 Å². The highest BCUT2D eigenvalue weighted by molar-refractivity contribution is 5.98. The minimum atomic E-state index is -0.466. The minimum Gasteiger partial charge on any atom is -0.494 e. The van der Waals surface area contributed by atoms with Crippen molar-refractivity contribution in [1.29, 1.82) is 0 Å². The van der Waals surface area contributed by atoms with Crippen molar-refractivity contribution in [3.63, 3.8) is 0 Å². The third-order valence-electron chi connectivity index (χ3n) is 2.74. The van der Waals surface area contributed by atoms with E-state index in [4.69, 9.17) is 9.15 Å². The number of ether oxygens (including phenoxy) is 1. The summed E-state index contributed by atoms with van der Waals surface area (Å²) in [7, 11) is 1.40. The average molecular weight is 248 g/mol. The van der Waals surface area contributed by atoms with Gasteiger partial charge in [0.2, 0.25) is 0 Å². The molecule has 0 saturated carbocycles. The number of rotatable bonds is 4. The van der Waals surface area contributed by atoms with Gasteiger partial charge in [-0.15, -0.1) is 0 Å². The minimum absolute atomic E-state index is 0.0918. The molecular formula is C14H13FO3. The van der Waals surface area contributed by atoms with Gasteiger partial charge in [0, 0.05) is 6.42 Å². The molecule has 0 fully saturated rings. The second-order valence-electron chi connectivity index (χ2n) is 3.96. The van der Waals surface area contributed by atoms with Crippen molar-refractivity contribution in [3.8, 4) is 5.75 Å². The van der Waals surface area contributed by atoms with Crippen LogP contribution in [0.5, 0.6) is 5.75 Å². The zero-order valence-corrected chi connectivity index (χ0v) is 10.2. The normalized spacial score (nSPS) is 10.4. The smallest absolute Gasteiger partial charge is 0.170 e. The van der Waals surface area contributed by atoms with Crippen LogP contribution in [0.15, 0.2) is 34.9 Å². The number of halogens is 1. The Bertz CT molecular complexity index is 572. The van der Waals surface area contributed by atoms with Gasteiger partial charge in [0.05, 0.1) is 18.9 Å². The predicted molar refractivity (Wildman–Crippen MR) is 64.4 cm³/mol. The molecule has 0 unspecified atom stereocenters. The molecule has 1 aromatic carbocycles. The van der Waals surface area contributed by atoms with Crippen LogP contribution in [-0.4, -0.2) is 12.9 Å². The molecule has 94 valence electrons. The number of hydrogen-bond donors (Lipinski definition) is 0. The van der Waals surface area contributed by atoms with Crippen molar-refractivity contribution in [2.75, 3.05) is 7.11 Å². The lowest BCUT2D eigenvalue weighted by atomic mass is 10.0. The summed E-state index contributed by atoms with van der Waals surface area (Å²) in [5.41, 5.74) is 1.14. The van der Waals surface area contributed by atoms with Crippen molar-refractivity contribution < 1.29 is 18.3 Å². The standard InChI is InChI=1S/C14H13FO3/c1-9-11(5-6-18-9)13(16)8-10-3-4-14(17-2)12(15)7-10/h3-7H,8H2,1-2H3. The van der Waals surface area contributed by atoms with E-state index < -0.39 is 5.82 Å². The molecule has 0 N–H and O–H groups in total. The summed E-state index contributed by atoms with van der Waals surface area (Å²) in [4.78, 5) is 11.9. The molecule has 0 radical (unpaired) electrons. The first-order valence-corrected chi connectivity index (χ1v) is 5.51. The maximum absolute atomic E-state index is 13.5. The molecule has 0 spiro atoms. The number of benzene rings is 1. The maximum Gasteiger partial charge on any atom is 0.170 e. The summed E-state index contributed by atoms with van der Waals surface area (Å²) in [6.07, 6.45) is 1.61. The van der Waals surface area contributed by atoms with Gasteiger partial charge in [-0.1, -0.05) is 6.07 Å². The molecule has 0 amide bonds. The second-order valence-corrected chi connectivity index (χ2v) is 3.96. The first-order valence-electron chi connectivity index (χ1n) is 5.51. The summed E-state index contributed by atoms with van der Waals surface area (Å²) in [5, 5.41) is 0. The van der Waals surface area contributed by atoms with Crippen LogP contribution in [0.2, 0.25) is 0 Å². The Morgan fingerprint density at radius 2 is 2.17 bits per heavy atom. The van der Waals surface area contributed by atoms with Crippen LogP contribution in [0.25, 0.3) is 0 Å². The summed E-state index contributed by atoms with van der Waals surface area (Å²) in [5.74, 6) is 0.192. The van der Waals surface area contributed by atoms with E-state index in [1.165, 1.54) is 25.5 Å². The van der Waals surface area contributed by atoms with E-state index in [0.717, 1.165) is 0 Å². The Labute approximate surface area is 104 Å². The molecule has 1 aromatic heterocycles. The Morgan fingerprint density at radius 3 is 2.72 bits per heavy atom. The summed E-state index contributed by atoms with van der Waals surface area (Å²) < 4.78 is 23.4. The monoisotopic (exact) mass is 248 g/mol. The van der Waals surface area contributed by atoms with Gasteiger partial charge in [0.25, 0.3) is 0 Å². The lowest BCUT2D eigenvalue weighted by molar-refractivity contribution is 0.0991. The van der Waals surface area contributed by atoms with E-state index in [-0.39, 0.29) is 18.0 Å². The molecular weight excluding hydrogens is 235 g/mol. The highest BCUT2D eigenvalue weighted by atomic mass is 19.1. The summed E-state index contributed by atoms with van der Waals surface area (Å²) in [6, 6.07) is 6.12. The lowest BCUT2D eigenvalue weighted by Crippen LogP contribution is -2.04. The molecule has 3 nitrogen and oxygen atoms in total. The van der Waals surface area contributed by atoms with Gasteiger partial charge in [-0.3, -0.25) is 4.79 Å². The average Bonchev–Trinajstić information content (AvgIpc) is 2.76. The van der Waals surface area contributed by atoms with Crippen molar-refractivity contribution in [3.05, 3.63) is 53.2 Å². The molecule has 0 aliphatic heterocycles. The third kappa shape index (κ3) is 2.42. The summed E-state index contributed by atoms with van der Waals surface area (Å²) in [6.45, 7) is 1.72. The van der Waals surface area contributed by atoms with Crippen LogP contribution < -0.4 is 4.74 Å². The van der Waals surface area contributed by atoms with Gasteiger partial charge >= 0.3 is 0 Å². The first-order chi connectivity index (χ1) is 8.61. The van der Waals surface area contributed by atoms with Crippen LogP contribution in [0.3, 0.4) is 0 Å². The van der Waals surface area contributed by atoms with Gasteiger partial charge in [0.15, 0.2) is 17.3 Å². The van der Waals surface area contributed by atoms with Crippen LogP contribution in [0.1, 0.15) is 21.7 Å². The number of Topliss-reactive ketones (excluding diaryl/α,β-unsaturated/α-hetero) is 1. The predicted octanol–water partition coefficient (Wildman–Crippen LogP) is 3.16. The van der Waals surface area contributed by atoms with Crippen LogP contribution in [0, 0.1) is 12.7 Å². The van der Waals surface area contributed by atoms with Crippen LogP contribution >= 0.6 is 0 Å². The highest BCUT2D eigenvalue weighted by Gasteiger charge is 2.13. The topological polar surface area (TPSA) is 39.4 Å². The molecule has 2 rings (SSSR count). The maximum atomic E-state index is 13.5. The highest BCUT2D eigenvalue weighted by Crippen LogP contribution is 2.19. The molecule has 1 heterocycles. The Balaban J connectivity index is 2.17. The fourth-order valence-electron chi connectivity index (χ4n) is 1.77. The van der Waals surface area contributed by atoms with Gasteiger partial charge in [-0.25, -0.2) is 4.39 Å². The van der Waals surface area contributed by atoms with Gasteiger partial charge in [-0.05, 0) is 30.7 Å². The fraction of sp³-hybridized carbons (Fsp3) is 0.214. The zero-order chi connectivity index (χ0) is 13.1. The van der Waals surface area contributed by atoms with Gasteiger partial charge in [0.1, 0.15) is 5.76 Å². The Kier molecular flexibility index (Phi) is 3.46. The molecule has 18 heavy (non-hydrogen) atoms. The van der Waals surface area contributed by atoms with E-state index in [1.54, 1.807) is 19.1 Å². The molecule has 0 aliphatic carbocycles. The van der Waals surface area contributed by atoms with Crippen molar-refractivity contribution >= 4 is 5.78 Å². The lowest BCUT2D eigenvalue weighted by Gasteiger charge is -2.04. The first kappa shape index (κ1) is 12.4. The van der Waals surface area contributed by atoms with E-state index >= 15 is 0 Å².